The minimum absolute atomic E-state index is 0.286. The molecule has 0 unspecified atom stereocenters. The Bertz CT molecular complexity index is 1380. The molecule has 1 N–H and O–H groups in total. The van der Waals surface area contributed by atoms with Gasteiger partial charge in [-0.3, -0.25) is 0 Å². The number of carboxylic acids is 1. The molecule has 0 bridgehead atoms. The molecular weight excluding hydrogens is 513 g/mol. The largest absolute Gasteiger partial charge is 0.573 e. The van der Waals surface area contributed by atoms with Crippen molar-refractivity contribution in [3.8, 4) is 22.6 Å². The minimum Gasteiger partial charge on any atom is -0.482 e. The highest BCUT2D eigenvalue weighted by molar-refractivity contribution is 7.99. The van der Waals surface area contributed by atoms with Crippen molar-refractivity contribution in [3.63, 3.8) is 0 Å². The van der Waals surface area contributed by atoms with Crippen LogP contribution in [0.1, 0.15) is 11.1 Å². The molecule has 0 heterocycles. The molecule has 0 aliphatic rings. The van der Waals surface area contributed by atoms with Gasteiger partial charge in [0.25, 0.3) is 0 Å². The van der Waals surface area contributed by atoms with Gasteiger partial charge in [0.15, 0.2) is 6.61 Å². The van der Waals surface area contributed by atoms with Crippen LogP contribution in [-0.2, 0) is 4.79 Å². The molecule has 0 saturated carbocycles. The number of rotatable bonds is 10. The van der Waals surface area contributed by atoms with Gasteiger partial charge in [0, 0.05) is 10.6 Å². The molecule has 4 rings (SSSR count). The van der Waals surface area contributed by atoms with Gasteiger partial charge in [0.1, 0.15) is 11.5 Å². The van der Waals surface area contributed by atoms with Crippen LogP contribution in [0.15, 0.2) is 114 Å². The second-order valence-corrected chi connectivity index (χ2v) is 9.20. The van der Waals surface area contributed by atoms with Crippen LogP contribution in [0.3, 0.4) is 0 Å². The summed E-state index contributed by atoms with van der Waals surface area (Å²) in [5.41, 5.74) is 4.31. The van der Waals surface area contributed by atoms with E-state index in [2.05, 4.69) is 4.74 Å². The molecule has 0 saturated heterocycles. The predicted molar refractivity (Wildman–Crippen MR) is 142 cm³/mol. The van der Waals surface area contributed by atoms with E-state index in [1.807, 2.05) is 72.8 Å². The van der Waals surface area contributed by atoms with E-state index in [4.69, 9.17) is 9.84 Å². The van der Waals surface area contributed by atoms with Crippen LogP contribution in [0.25, 0.3) is 16.7 Å². The molecule has 0 atom stereocenters. The summed E-state index contributed by atoms with van der Waals surface area (Å²) < 4.78 is 47.8. The third-order valence-corrected chi connectivity index (χ3v) is 6.34. The van der Waals surface area contributed by atoms with Gasteiger partial charge in [-0.25, -0.2) is 4.79 Å². The van der Waals surface area contributed by atoms with E-state index < -0.39 is 18.9 Å². The Morgan fingerprint density at radius 1 is 0.789 bits per heavy atom. The number of hydrogen-bond acceptors (Lipinski definition) is 4. The number of ether oxygens (including phenoxy) is 2. The van der Waals surface area contributed by atoms with E-state index in [-0.39, 0.29) is 5.75 Å². The minimum atomic E-state index is -4.78. The fourth-order valence-electron chi connectivity index (χ4n) is 3.73. The summed E-state index contributed by atoms with van der Waals surface area (Å²) in [5.74, 6) is -0.350. The summed E-state index contributed by atoms with van der Waals surface area (Å²) in [6.45, 7) is -0.418. The Morgan fingerprint density at radius 2 is 1.47 bits per heavy atom. The molecule has 38 heavy (non-hydrogen) atoms. The molecule has 0 fully saturated rings. The molecule has 0 spiro atoms. The van der Waals surface area contributed by atoms with Crippen LogP contribution in [0.2, 0.25) is 0 Å². The summed E-state index contributed by atoms with van der Waals surface area (Å²) in [5, 5.41) is 8.73. The first-order chi connectivity index (χ1) is 18.3. The SMILES string of the molecule is O=C(O)COc1ccc(SC/C=C(/c2ccc(-c3ccccc3)cc2)c2cccc(OC(F)(F)F)c2)cc1. The van der Waals surface area contributed by atoms with Crippen molar-refractivity contribution >= 4 is 23.3 Å². The Hall–Kier alpha value is -4.17. The number of carbonyl (C=O) groups is 1. The van der Waals surface area contributed by atoms with Crippen molar-refractivity contribution in [3.05, 3.63) is 120 Å². The quantitative estimate of drug-likeness (QED) is 0.209. The molecule has 0 amide bonds. The second kappa shape index (κ2) is 12.4. The molecule has 194 valence electrons. The van der Waals surface area contributed by atoms with Crippen molar-refractivity contribution < 1.29 is 32.5 Å². The van der Waals surface area contributed by atoms with Gasteiger partial charge in [-0.15, -0.1) is 24.9 Å². The van der Waals surface area contributed by atoms with E-state index in [0.717, 1.165) is 27.2 Å². The Balaban J connectivity index is 1.58. The van der Waals surface area contributed by atoms with Gasteiger partial charge in [-0.05, 0) is 64.2 Å². The fourth-order valence-corrected chi connectivity index (χ4v) is 4.51. The standard InChI is InChI=1S/C30H23F3O4S/c31-30(32,33)37-26-8-4-7-24(19-26)28(23-11-9-22(10-12-23)21-5-2-1-3-6-21)17-18-38-27-15-13-25(14-16-27)36-20-29(34)35/h1-17,19H,18,20H2,(H,34,35)/b28-17-. The van der Waals surface area contributed by atoms with Gasteiger partial charge in [-0.1, -0.05) is 72.8 Å². The lowest BCUT2D eigenvalue weighted by Crippen LogP contribution is -2.17. The average molecular weight is 537 g/mol. The third kappa shape index (κ3) is 7.91. The van der Waals surface area contributed by atoms with Gasteiger partial charge >= 0.3 is 12.3 Å². The first-order valence-electron chi connectivity index (χ1n) is 11.6. The fraction of sp³-hybridized carbons (Fsp3) is 0.100. The van der Waals surface area contributed by atoms with Crippen molar-refractivity contribution in [2.45, 2.75) is 11.3 Å². The van der Waals surface area contributed by atoms with E-state index in [1.54, 1.807) is 18.2 Å². The number of aliphatic carboxylic acids is 1. The van der Waals surface area contributed by atoms with E-state index in [1.165, 1.54) is 30.0 Å². The maximum atomic E-state index is 12.8. The van der Waals surface area contributed by atoms with Gasteiger partial charge in [-0.2, -0.15) is 0 Å². The highest BCUT2D eigenvalue weighted by Crippen LogP contribution is 2.32. The van der Waals surface area contributed by atoms with Crippen molar-refractivity contribution in [1.29, 1.82) is 0 Å². The number of hydrogen-bond donors (Lipinski definition) is 1. The van der Waals surface area contributed by atoms with Crippen molar-refractivity contribution in [2.75, 3.05) is 12.4 Å². The van der Waals surface area contributed by atoms with E-state index >= 15 is 0 Å². The van der Waals surface area contributed by atoms with E-state index in [0.29, 0.717) is 17.1 Å². The molecular formula is C30H23F3O4S. The number of benzene rings is 4. The summed E-state index contributed by atoms with van der Waals surface area (Å²) in [4.78, 5) is 11.6. The molecule has 0 aromatic heterocycles. The summed E-state index contributed by atoms with van der Waals surface area (Å²) in [6, 6.07) is 30.7. The Morgan fingerprint density at radius 3 is 2.13 bits per heavy atom. The van der Waals surface area contributed by atoms with Gasteiger partial charge < -0.3 is 14.6 Å². The van der Waals surface area contributed by atoms with Gasteiger partial charge in [0.05, 0.1) is 0 Å². The van der Waals surface area contributed by atoms with Crippen LogP contribution in [0, 0.1) is 0 Å². The molecule has 0 aliphatic heterocycles. The zero-order valence-electron chi connectivity index (χ0n) is 20.0. The van der Waals surface area contributed by atoms with Crippen molar-refractivity contribution in [2.24, 2.45) is 0 Å². The predicted octanol–water partition coefficient (Wildman–Crippen LogP) is 7.94. The first-order valence-corrected chi connectivity index (χ1v) is 12.5. The molecule has 4 nitrogen and oxygen atoms in total. The van der Waals surface area contributed by atoms with Crippen LogP contribution >= 0.6 is 11.8 Å². The number of carboxylic acid groups (broad SMARTS) is 1. The number of alkyl halides is 3. The Labute approximate surface area is 222 Å². The summed E-state index contributed by atoms with van der Waals surface area (Å²) in [7, 11) is 0. The lowest BCUT2D eigenvalue weighted by atomic mass is 9.95. The topological polar surface area (TPSA) is 55.8 Å². The molecule has 8 heteroatoms. The number of halogens is 3. The second-order valence-electron chi connectivity index (χ2n) is 8.10. The zero-order chi connectivity index (χ0) is 27.0. The number of thioether (sulfide) groups is 1. The maximum absolute atomic E-state index is 12.8. The van der Waals surface area contributed by atoms with Gasteiger partial charge in [0.2, 0.25) is 0 Å². The van der Waals surface area contributed by atoms with Crippen LogP contribution in [-0.4, -0.2) is 29.8 Å². The average Bonchev–Trinajstić information content (AvgIpc) is 2.90. The van der Waals surface area contributed by atoms with Crippen molar-refractivity contribution in [1.82, 2.24) is 0 Å². The summed E-state index contributed by atoms with van der Waals surface area (Å²) >= 11 is 1.53. The monoisotopic (exact) mass is 536 g/mol. The zero-order valence-corrected chi connectivity index (χ0v) is 20.8. The third-order valence-electron chi connectivity index (χ3n) is 5.41. The molecule has 0 aliphatic carbocycles. The Kier molecular flexibility index (Phi) is 8.76. The lowest BCUT2D eigenvalue weighted by molar-refractivity contribution is -0.274. The molecule has 4 aromatic rings. The molecule has 0 radical (unpaired) electrons. The highest BCUT2D eigenvalue weighted by atomic mass is 32.2. The maximum Gasteiger partial charge on any atom is 0.573 e. The van der Waals surface area contributed by atoms with Crippen LogP contribution < -0.4 is 9.47 Å². The lowest BCUT2D eigenvalue weighted by Gasteiger charge is -2.13. The van der Waals surface area contributed by atoms with Crippen LogP contribution in [0.5, 0.6) is 11.5 Å². The van der Waals surface area contributed by atoms with Crippen LogP contribution in [0.4, 0.5) is 13.2 Å². The first kappa shape index (κ1) is 26.9. The normalized spacial score (nSPS) is 11.7. The highest BCUT2D eigenvalue weighted by Gasteiger charge is 2.31. The molecule has 4 aromatic carbocycles. The summed E-state index contributed by atoms with van der Waals surface area (Å²) in [6.07, 6.45) is -2.82. The smallest absolute Gasteiger partial charge is 0.482 e. The van der Waals surface area contributed by atoms with E-state index in [9.17, 15) is 18.0 Å².